The van der Waals surface area contributed by atoms with Crippen LogP contribution in [0, 0.1) is 0 Å². The highest BCUT2D eigenvalue weighted by Gasteiger charge is 2.31. The largest absolute Gasteiger partial charge is 0.390 e. The fourth-order valence-corrected chi connectivity index (χ4v) is 1.45. The number of nitrogens with one attached hydrogen (secondary N) is 1. The third-order valence-electron chi connectivity index (χ3n) is 2.21. The van der Waals surface area contributed by atoms with Crippen LogP contribution in [0.5, 0.6) is 0 Å². The Morgan fingerprint density at radius 1 is 1.20 bits per heavy atom. The lowest BCUT2D eigenvalue weighted by Gasteiger charge is -2.17. The second-order valence-electron chi connectivity index (χ2n) is 3.49. The third kappa shape index (κ3) is 4.83. The second kappa shape index (κ2) is 5.16. The van der Waals surface area contributed by atoms with Crippen molar-refractivity contribution in [3.8, 4) is 0 Å². The average Bonchev–Trinajstić information content (AvgIpc) is 2.16. The molecule has 4 heteroatoms. The van der Waals surface area contributed by atoms with Gasteiger partial charge in [0.1, 0.15) is 0 Å². The summed E-state index contributed by atoms with van der Waals surface area (Å²) in [7, 11) is 1.55. The molecule has 0 bridgehead atoms. The van der Waals surface area contributed by atoms with E-state index >= 15 is 0 Å². The van der Waals surface area contributed by atoms with E-state index in [1.165, 1.54) is 0 Å². The van der Waals surface area contributed by atoms with Crippen LogP contribution >= 0.6 is 0 Å². The number of halogens is 3. The standard InChI is InChI=1S/C11H14F3N/c1-15-10(8-11(12,13)14)7-9-5-3-2-4-6-9/h2-6,10,15H,7-8H2,1H3. The molecule has 1 aromatic carbocycles. The van der Waals surface area contributed by atoms with Crippen molar-refractivity contribution in [3.05, 3.63) is 35.9 Å². The van der Waals surface area contributed by atoms with Gasteiger partial charge < -0.3 is 5.32 Å². The summed E-state index contributed by atoms with van der Waals surface area (Å²) in [5.41, 5.74) is 0.918. The van der Waals surface area contributed by atoms with E-state index in [1.54, 1.807) is 7.05 Å². The lowest BCUT2D eigenvalue weighted by molar-refractivity contribution is -0.139. The first kappa shape index (κ1) is 12.0. The average molecular weight is 217 g/mol. The maximum atomic E-state index is 12.2. The summed E-state index contributed by atoms with van der Waals surface area (Å²) in [6.07, 6.45) is -4.50. The number of hydrogen-bond acceptors (Lipinski definition) is 1. The van der Waals surface area contributed by atoms with Crippen LogP contribution in [0.1, 0.15) is 12.0 Å². The molecule has 1 aromatic rings. The van der Waals surface area contributed by atoms with Crippen molar-refractivity contribution in [3.63, 3.8) is 0 Å². The Balaban J connectivity index is 2.55. The van der Waals surface area contributed by atoms with E-state index in [9.17, 15) is 13.2 Å². The molecule has 1 rings (SSSR count). The Hall–Kier alpha value is -1.03. The minimum Gasteiger partial charge on any atom is -0.316 e. The summed E-state index contributed by atoms with van der Waals surface area (Å²) in [5.74, 6) is 0. The first-order valence-electron chi connectivity index (χ1n) is 4.79. The van der Waals surface area contributed by atoms with E-state index in [4.69, 9.17) is 0 Å². The molecule has 1 atom stereocenters. The SMILES string of the molecule is CNC(Cc1ccccc1)CC(F)(F)F. The van der Waals surface area contributed by atoms with Crippen molar-refractivity contribution in [2.75, 3.05) is 7.05 Å². The van der Waals surface area contributed by atoms with Crippen LogP contribution in [-0.4, -0.2) is 19.3 Å². The predicted molar refractivity (Wildman–Crippen MR) is 53.7 cm³/mol. The number of rotatable bonds is 4. The minimum atomic E-state index is -4.11. The molecule has 0 aliphatic heterocycles. The maximum Gasteiger partial charge on any atom is 0.390 e. The van der Waals surface area contributed by atoms with Crippen LogP contribution in [0.4, 0.5) is 13.2 Å². The van der Waals surface area contributed by atoms with Gasteiger partial charge in [-0.15, -0.1) is 0 Å². The molecule has 0 aliphatic rings. The highest BCUT2D eigenvalue weighted by Crippen LogP contribution is 2.22. The Kier molecular flexibility index (Phi) is 4.15. The summed E-state index contributed by atoms with van der Waals surface area (Å²) >= 11 is 0. The van der Waals surface area contributed by atoms with E-state index in [-0.39, 0.29) is 0 Å². The van der Waals surface area contributed by atoms with Crippen LogP contribution in [0.25, 0.3) is 0 Å². The molecule has 0 aliphatic carbocycles. The van der Waals surface area contributed by atoms with E-state index in [1.807, 2.05) is 30.3 Å². The maximum absolute atomic E-state index is 12.2. The van der Waals surface area contributed by atoms with Crippen LogP contribution in [0.3, 0.4) is 0 Å². The van der Waals surface area contributed by atoms with E-state index in [2.05, 4.69) is 5.32 Å². The summed E-state index contributed by atoms with van der Waals surface area (Å²) in [6.45, 7) is 0. The van der Waals surface area contributed by atoms with Crippen molar-refractivity contribution in [1.82, 2.24) is 5.32 Å². The normalized spacial score (nSPS) is 13.9. The smallest absolute Gasteiger partial charge is 0.316 e. The summed E-state index contributed by atoms with van der Waals surface area (Å²) in [4.78, 5) is 0. The quantitative estimate of drug-likeness (QED) is 0.817. The Bertz CT molecular complexity index is 282. The molecular weight excluding hydrogens is 203 g/mol. The Labute approximate surface area is 87.3 Å². The van der Waals surface area contributed by atoms with Gasteiger partial charge in [0.05, 0.1) is 6.42 Å². The van der Waals surface area contributed by atoms with Gasteiger partial charge in [-0.3, -0.25) is 0 Å². The molecule has 0 saturated carbocycles. The number of likely N-dealkylation sites (N-methyl/N-ethyl adjacent to an activating group) is 1. The van der Waals surface area contributed by atoms with Gasteiger partial charge in [0.15, 0.2) is 0 Å². The molecule has 0 spiro atoms. The lowest BCUT2D eigenvalue weighted by Crippen LogP contribution is -2.32. The number of hydrogen-bond donors (Lipinski definition) is 1. The van der Waals surface area contributed by atoms with Gasteiger partial charge in [-0.25, -0.2) is 0 Å². The second-order valence-corrected chi connectivity index (χ2v) is 3.49. The fourth-order valence-electron chi connectivity index (χ4n) is 1.45. The zero-order valence-electron chi connectivity index (χ0n) is 8.51. The van der Waals surface area contributed by atoms with Crippen molar-refractivity contribution in [2.45, 2.75) is 25.1 Å². The zero-order valence-corrected chi connectivity index (χ0v) is 8.51. The van der Waals surface area contributed by atoms with Crippen LogP contribution < -0.4 is 5.32 Å². The molecule has 84 valence electrons. The lowest BCUT2D eigenvalue weighted by atomic mass is 10.0. The van der Waals surface area contributed by atoms with Crippen molar-refractivity contribution < 1.29 is 13.2 Å². The molecule has 1 unspecified atom stereocenters. The Morgan fingerprint density at radius 2 is 1.80 bits per heavy atom. The predicted octanol–water partition coefficient (Wildman–Crippen LogP) is 2.77. The van der Waals surface area contributed by atoms with Crippen molar-refractivity contribution >= 4 is 0 Å². The molecule has 0 fully saturated rings. The van der Waals surface area contributed by atoms with Gasteiger partial charge >= 0.3 is 6.18 Å². The first-order chi connectivity index (χ1) is 7.01. The molecule has 1 N–H and O–H groups in total. The highest BCUT2D eigenvalue weighted by molar-refractivity contribution is 5.15. The van der Waals surface area contributed by atoms with Gasteiger partial charge in [-0.1, -0.05) is 30.3 Å². The highest BCUT2D eigenvalue weighted by atomic mass is 19.4. The fraction of sp³-hybridized carbons (Fsp3) is 0.455. The molecule has 0 amide bonds. The molecule has 0 aromatic heterocycles. The van der Waals surface area contributed by atoms with Gasteiger partial charge in [0, 0.05) is 6.04 Å². The minimum absolute atomic E-state index is 0.400. The summed E-state index contributed by atoms with van der Waals surface area (Å²) in [5, 5.41) is 2.69. The molecule has 15 heavy (non-hydrogen) atoms. The molecule has 0 heterocycles. The number of benzene rings is 1. The molecule has 0 radical (unpaired) electrons. The summed E-state index contributed by atoms with van der Waals surface area (Å²) in [6, 6.07) is 8.63. The van der Waals surface area contributed by atoms with E-state index in [0.717, 1.165) is 5.56 Å². The summed E-state index contributed by atoms with van der Waals surface area (Å²) < 4.78 is 36.5. The Morgan fingerprint density at radius 3 is 2.27 bits per heavy atom. The van der Waals surface area contributed by atoms with Crippen LogP contribution in [-0.2, 0) is 6.42 Å². The topological polar surface area (TPSA) is 12.0 Å². The molecular formula is C11H14F3N. The van der Waals surface area contributed by atoms with Crippen molar-refractivity contribution in [2.24, 2.45) is 0 Å². The van der Waals surface area contributed by atoms with E-state index < -0.39 is 18.6 Å². The van der Waals surface area contributed by atoms with Gasteiger partial charge in [-0.05, 0) is 19.0 Å². The zero-order chi connectivity index (χ0) is 11.3. The van der Waals surface area contributed by atoms with Gasteiger partial charge in [-0.2, -0.15) is 13.2 Å². The van der Waals surface area contributed by atoms with Crippen molar-refractivity contribution in [1.29, 1.82) is 0 Å². The van der Waals surface area contributed by atoms with Gasteiger partial charge in [0.25, 0.3) is 0 Å². The van der Waals surface area contributed by atoms with Gasteiger partial charge in [0.2, 0.25) is 0 Å². The molecule has 0 saturated heterocycles. The first-order valence-corrected chi connectivity index (χ1v) is 4.79. The van der Waals surface area contributed by atoms with E-state index in [0.29, 0.717) is 6.42 Å². The monoisotopic (exact) mass is 217 g/mol. The number of alkyl halides is 3. The van der Waals surface area contributed by atoms with Crippen LogP contribution in [0.2, 0.25) is 0 Å². The third-order valence-corrected chi connectivity index (χ3v) is 2.21. The van der Waals surface area contributed by atoms with Crippen LogP contribution in [0.15, 0.2) is 30.3 Å². The molecule has 1 nitrogen and oxygen atoms in total.